The Kier molecular flexibility index (Phi) is 12.7. The maximum atomic E-state index is 5.82. The van der Waals surface area contributed by atoms with Crippen LogP contribution in [0.4, 0.5) is 0 Å². The quantitative estimate of drug-likeness (QED) is 0.0902. The first-order chi connectivity index (χ1) is 44.2. The molecule has 89 heavy (non-hydrogen) atoms. The van der Waals surface area contributed by atoms with Gasteiger partial charge in [-0.3, -0.25) is 4.57 Å². The largest absolute Gasteiger partial charge is 0.278 e. The Balaban J connectivity index is 0.913. The molecule has 2 heterocycles. The van der Waals surface area contributed by atoms with Gasteiger partial charge in [-0.1, -0.05) is 328 Å². The summed E-state index contributed by atoms with van der Waals surface area (Å²) in [5, 5.41) is 13.1. The minimum atomic E-state index is -3.02. The van der Waals surface area contributed by atoms with Gasteiger partial charge < -0.3 is 0 Å². The van der Waals surface area contributed by atoms with Crippen LogP contribution in [0.3, 0.4) is 0 Å². The Bertz CT molecular complexity index is 4900. The predicted octanol–water partition coefficient (Wildman–Crippen LogP) is 14.3. The SMILES string of the molecule is c1ccc([Si](c2ccccc2)(c2ccccc2)c2cccc(-c3cc(-c4ccccc4-c4cccc5c4C4c6ccccc6C5c5cccc([Si](c6ccccc6)(c6ccccc6)c6ccccc6)c54)nc(-n4c5ccccc5c5ccccc54)n3)c2)cc1. The summed E-state index contributed by atoms with van der Waals surface area (Å²) >= 11 is 0. The monoisotopic (exact) mass is 1170 g/mol. The fourth-order valence-electron chi connectivity index (χ4n) is 15.8. The lowest BCUT2D eigenvalue weighted by Gasteiger charge is -2.47. The molecule has 5 heteroatoms. The van der Waals surface area contributed by atoms with E-state index in [4.69, 9.17) is 9.97 Å². The summed E-state index contributed by atoms with van der Waals surface area (Å²) in [7, 11) is -5.95. The Hall–Kier alpha value is -10.8. The van der Waals surface area contributed by atoms with Crippen molar-refractivity contribution >= 4 is 79.4 Å². The second-order valence-electron chi connectivity index (χ2n) is 23.7. The van der Waals surface area contributed by atoms with E-state index in [1.807, 2.05) is 0 Å². The molecule has 13 aromatic carbocycles. The van der Waals surface area contributed by atoms with E-state index in [1.54, 1.807) is 0 Å². The molecule has 2 atom stereocenters. The Morgan fingerprint density at radius 2 is 0.640 bits per heavy atom. The predicted molar refractivity (Wildman–Crippen MR) is 375 cm³/mol. The highest BCUT2D eigenvalue weighted by molar-refractivity contribution is 7.20. The van der Waals surface area contributed by atoms with Crippen LogP contribution in [0.5, 0.6) is 0 Å². The molecule has 0 fully saturated rings. The first-order valence-corrected chi connectivity index (χ1v) is 35.0. The standard InChI is InChI=1S/C84H59N3Si2/c1-7-31-59(32-8-1)88(60-33-9-2-10-34-60,61-35-11-3-12-36-61)65-43-27-30-58(56-65)75-57-76(86-84(85-75)87-77-53-25-23-46-68(77)69-47-24-26-54-78(69)87)67-45-20-19-44-66(67)70-50-28-51-73-80-71-48-21-22-49-72(71)83(81(70)73)82-74(80)52-29-55-79(82)89(62-37-13-4-14-38-62,63-39-15-5-16-40-63)64-41-17-6-18-42-64/h1-57,80,83H. The van der Waals surface area contributed by atoms with E-state index in [-0.39, 0.29) is 11.8 Å². The Labute approximate surface area is 521 Å². The molecule has 0 amide bonds. The van der Waals surface area contributed by atoms with Gasteiger partial charge in [0.1, 0.15) is 0 Å². The minimum Gasteiger partial charge on any atom is -0.278 e. The molecule has 3 aliphatic rings. The molecular weight excluding hydrogens is 1110 g/mol. The maximum absolute atomic E-state index is 5.82. The molecule has 0 N–H and O–H groups in total. The van der Waals surface area contributed by atoms with E-state index >= 15 is 0 Å². The summed E-state index contributed by atoms with van der Waals surface area (Å²) in [4.78, 5) is 11.6. The zero-order valence-electron chi connectivity index (χ0n) is 48.9. The average molecular weight is 1170 g/mol. The molecular formula is C84H59N3Si2. The summed E-state index contributed by atoms with van der Waals surface area (Å²) in [6.07, 6.45) is 0. The molecule has 3 nitrogen and oxygen atoms in total. The minimum absolute atomic E-state index is 0.0282. The molecule has 2 bridgehead atoms. The van der Waals surface area contributed by atoms with Gasteiger partial charge in [0.05, 0.1) is 22.4 Å². The molecule has 18 rings (SSSR count). The number of rotatable bonds is 12. The van der Waals surface area contributed by atoms with E-state index in [2.05, 4.69) is 350 Å². The van der Waals surface area contributed by atoms with Gasteiger partial charge in [-0.2, -0.15) is 0 Å². The molecule has 0 spiro atoms. The topological polar surface area (TPSA) is 30.7 Å². The van der Waals surface area contributed by atoms with E-state index in [0.29, 0.717) is 5.95 Å². The van der Waals surface area contributed by atoms with E-state index in [1.165, 1.54) is 80.4 Å². The van der Waals surface area contributed by atoms with Crippen molar-refractivity contribution in [2.75, 3.05) is 0 Å². The second kappa shape index (κ2) is 21.5. The van der Waals surface area contributed by atoms with Crippen LogP contribution in [0.15, 0.2) is 346 Å². The lowest BCUT2D eigenvalue weighted by atomic mass is 9.60. The zero-order valence-corrected chi connectivity index (χ0v) is 50.9. The van der Waals surface area contributed by atoms with E-state index < -0.39 is 16.1 Å². The summed E-state index contributed by atoms with van der Waals surface area (Å²) in [6, 6.07) is 129. The van der Waals surface area contributed by atoms with Crippen LogP contribution in [0.25, 0.3) is 61.4 Å². The maximum Gasteiger partial charge on any atom is 0.235 e. The first kappa shape index (κ1) is 52.5. The highest BCUT2D eigenvalue weighted by atomic mass is 28.3. The van der Waals surface area contributed by atoms with Gasteiger partial charge in [0, 0.05) is 33.7 Å². The van der Waals surface area contributed by atoms with Crippen molar-refractivity contribution in [3.8, 4) is 39.6 Å². The normalized spacial score (nSPS) is 14.1. The average Bonchev–Trinajstić information content (AvgIpc) is 1.24. The smallest absolute Gasteiger partial charge is 0.235 e. The van der Waals surface area contributed by atoms with Crippen molar-refractivity contribution in [2.45, 2.75) is 11.8 Å². The van der Waals surface area contributed by atoms with Crippen molar-refractivity contribution < 1.29 is 0 Å². The molecule has 0 aliphatic heterocycles. The number of aromatic nitrogens is 3. The molecule has 0 saturated carbocycles. The molecule has 0 saturated heterocycles. The van der Waals surface area contributed by atoms with Crippen LogP contribution in [0.1, 0.15) is 45.2 Å². The van der Waals surface area contributed by atoms with Gasteiger partial charge >= 0.3 is 0 Å². The van der Waals surface area contributed by atoms with Crippen LogP contribution >= 0.6 is 0 Å². The van der Waals surface area contributed by atoms with E-state index in [9.17, 15) is 0 Å². The number of hydrogen-bond acceptors (Lipinski definition) is 2. The second-order valence-corrected chi connectivity index (χ2v) is 31.3. The highest BCUT2D eigenvalue weighted by Crippen LogP contribution is 2.58. The lowest BCUT2D eigenvalue weighted by molar-refractivity contribution is 0.760. The van der Waals surface area contributed by atoms with Gasteiger partial charge in [0.2, 0.25) is 5.95 Å². The summed E-state index contributed by atoms with van der Waals surface area (Å²) in [5.41, 5.74) is 16.6. The van der Waals surface area contributed by atoms with Crippen LogP contribution in [-0.2, 0) is 0 Å². The summed E-state index contributed by atoms with van der Waals surface area (Å²) < 4.78 is 2.28. The zero-order chi connectivity index (χ0) is 58.9. The number of fused-ring (bicyclic) bond motifs is 3. The molecule has 3 aliphatic carbocycles. The molecule has 0 radical (unpaired) electrons. The van der Waals surface area contributed by atoms with Crippen molar-refractivity contribution in [3.63, 3.8) is 0 Å². The summed E-state index contributed by atoms with van der Waals surface area (Å²) in [5.74, 6) is 0.587. The third-order valence-corrected chi connectivity index (χ3v) is 28.9. The first-order valence-electron chi connectivity index (χ1n) is 31.0. The van der Waals surface area contributed by atoms with Crippen molar-refractivity contribution in [3.05, 3.63) is 379 Å². The lowest BCUT2D eigenvalue weighted by Crippen LogP contribution is -2.75. The van der Waals surface area contributed by atoms with Crippen molar-refractivity contribution in [2.24, 2.45) is 0 Å². The Morgan fingerprint density at radius 1 is 0.258 bits per heavy atom. The fourth-order valence-corrected chi connectivity index (χ4v) is 25.6. The molecule has 418 valence electrons. The summed E-state index contributed by atoms with van der Waals surface area (Å²) in [6.45, 7) is 0. The van der Waals surface area contributed by atoms with Crippen LogP contribution in [-0.4, -0.2) is 30.7 Å². The van der Waals surface area contributed by atoms with Crippen LogP contribution in [0.2, 0.25) is 0 Å². The molecule has 2 unspecified atom stereocenters. The van der Waals surface area contributed by atoms with Crippen molar-refractivity contribution in [1.29, 1.82) is 0 Å². The van der Waals surface area contributed by atoms with Gasteiger partial charge in [0.15, 0.2) is 16.1 Å². The highest BCUT2D eigenvalue weighted by Gasteiger charge is 2.50. The number of hydrogen-bond donors (Lipinski definition) is 0. The Morgan fingerprint density at radius 3 is 1.18 bits per heavy atom. The number of benzene rings is 13. The van der Waals surface area contributed by atoms with Crippen LogP contribution < -0.4 is 41.5 Å². The number of nitrogens with zero attached hydrogens (tertiary/aromatic N) is 3. The van der Waals surface area contributed by atoms with E-state index in [0.717, 1.165) is 49.9 Å². The third-order valence-electron chi connectivity index (χ3n) is 19.3. The van der Waals surface area contributed by atoms with Gasteiger partial charge in [-0.25, -0.2) is 9.97 Å². The van der Waals surface area contributed by atoms with Crippen LogP contribution in [0, 0.1) is 0 Å². The van der Waals surface area contributed by atoms with Gasteiger partial charge in [0.25, 0.3) is 0 Å². The molecule has 2 aromatic heterocycles. The van der Waals surface area contributed by atoms with Gasteiger partial charge in [-0.15, -0.1) is 0 Å². The van der Waals surface area contributed by atoms with Crippen molar-refractivity contribution in [1.82, 2.24) is 14.5 Å². The molecule has 15 aromatic rings. The van der Waals surface area contributed by atoms with Gasteiger partial charge in [-0.05, 0) is 104 Å². The third kappa shape index (κ3) is 8.16. The number of para-hydroxylation sites is 2. The fraction of sp³-hybridized carbons (Fsp3) is 0.0238.